The van der Waals surface area contributed by atoms with E-state index in [2.05, 4.69) is 0 Å². The second-order valence-corrected chi connectivity index (χ2v) is 3.39. The molecule has 1 aliphatic heterocycles. The van der Waals surface area contributed by atoms with Gasteiger partial charge in [0.15, 0.2) is 0 Å². The maximum atomic E-state index is 9.67. The highest BCUT2D eigenvalue weighted by atomic mass is 19.4. The first kappa shape index (κ1) is 18.1. The van der Waals surface area contributed by atoms with E-state index in [0.29, 0.717) is 0 Å². The zero-order valence-corrected chi connectivity index (χ0v) is 10.2. The monoisotopic (exact) mass is 239 g/mol. The summed E-state index contributed by atoms with van der Waals surface area (Å²) in [5.41, 5.74) is -1.10. The lowest BCUT2D eigenvalue weighted by molar-refractivity contribution is -0.0324. The third kappa shape index (κ3) is 11.8. The molecule has 0 bridgehead atoms. The van der Waals surface area contributed by atoms with Crippen molar-refractivity contribution >= 4 is 7.85 Å². The highest BCUT2D eigenvalue weighted by molar-refractivity contribution is 6.13. The Morgan fingerprint density at radius 2 is 1.44 bits per heavy atom. The van der Waals surface area contributed by atoms with Crippen LogP contribution in [-0.2, 0) is 0 Å². The van der Waals surface area contributed by atoms with Gasteiger partial charge in [-0.15, -0.1) is 0 Å². The van der Waals surface area contributed by atoms with Crippen LogP contribution in [0.1, 0.15) is 40.0 Å². The Hall–Kier alpha value is -0.225. The summed E-state index contributed by atoms with van der Waals surface area (Å²) in [4.78, 5) is 1.91. The molecular weight excluding hydrogens is 218 g/mol. The van der Waals surface area contributed by atoms with Gasteiger partial charge in [0.25, 0.3) is 0 Å². The molecule has 96 valence electrons. The Morgan fingerprint density at radius 3 is 1.62 bits per heavy atom. The molecule has 0 aromatic carbocycles. The van der Waals surface area contributed by atoms with Crippen LogP contribution in [0.4, 0.5) is 13.2 Å². The summed E-state index contributed by atoms with van der Waals surface area (Å²) >= 11 is 0. The Balaban J connectivity index is 0. The van der Waals surface area contributed by atoms with Crippen molar-refractivity contribution in [3.63, 3.8) is 0 Å². The summed E-state index contributed by atoms with van der Waals surface area (Å²) in [7, 11) is 5.49. The predicted octanol–water partition coefficient (Wildman–Crippen LogP) is 2.51. The van der Waals surface area contributed by atoms with Crippen LogP contribution in [0, 0.1) is 0 Å². The van der Waals surface area contributed by atoms with Gasteiger partial charge in [0.1, 0.15) is 7.85 Å². The smallest absolute Gasteiger partial charge is 0.379 e. The normalized spacial score (nSPS) is 20.0. The first-order chi connectivity index (χ1) is 7.34. The lowest BCUT2D eigenvalue weighted by atomic mass is 9.89. The van der Waals surface area contributed by atoms with Gasteiger partial charge >= 0.3 is 6.68 Å². The third-order valence-corrected chi connectivity index (χ3v) is 2.00. The molecular formula is C10H21BF3NO. The van der Waals surface area contributed by atoms with E-state index in [-0.39, 0.29) is 0 Å². The number of aliphatic hydroxyl groups is 1. The Kier molecular flexibility index (Phi) is 11.3. The van der Waals surface area contributed by atoms with Gasteiger partial charge < -0.3 is 5.11 Å². The van der Waals surface area contributed by atoms with Gasteiger partial charge in [0.2, 0.25) is 0 Å². The minimum absolute atomic E-state index is 0.934. The van der Waals surface area contributed by atoms with Crippen LogP contribution in [0.5, 0.6) is 0 Å². The van der Waals surface area contributed by atoms with Crippen molar-refractivity contribution < 1.29 is 18.3 Å². The molecule has 2 nitrogen and oxygen atoms in total. The molecule has 0 aromatic heterocycles. The number of rotatable bonds is 1. The number of nitrogens with zero attached hydrogens (tertiary/aromatic N) is 1. The highest BCUT2D eigenvalue weighted by Crippen LogP contribution is 2.15. The molecule has 1 saturated heterocycles. The number of halogens is 3. The Morgan fingerprint density at radius 1 is 1.12 bits per heavy atom. The van der Waals surface area contributed by atoms with Crippen LogP contribution >= 0.6 is 0 Å². The Labute approximate surface area is 97.2 Å². The quantitative estimate of drug-likeness (QED) is 0.710. The van der Waals surface area contributed by atoms with Crippen LogP contribution < -0.4 is 0 Å². The molecule has 0 saturated carbocycles. The van der Waals surface area contributed by atoms with E-state index in [1.165, 1.54) is 6.42 Å². The van der Waals surface area contributed by atoms with Crippen LogP contribution in [0.2, 0.25) is 0 Å². The molecule has 0 aromatic rings. The summed E-state index contributed by atoms with van der Waals surface area (Å²) < 4.78 is 29.0. The van der Waals surface area contributed by atoms with Crippen molar-refractivity contribution in [2.24, 2.45) is 0 Å². The first-order valence-electron chi connectivity index (χ1n) is 5.52. The molecule has 1 unspecified atom stereocenters. The van der Waals surface area contributed by atoms with Crippen molar-refractivity contribution in [3.05, 3.63) is 0 Å². The van der Waals surface area contributed by atoms with Crippen LogP contribution in [0.3, 0.4) is 0 Å². The van der Waals surface area contributed by atoms with E-state index in [1.54, 1.807) is 6.92 Å². The van der Waals surface area contributed by atoms with Crippen molar-refractivity contribution in [1.29, 1.82) is 0 Å². The van der Waals surface area contributed by atoms with Gasteiger partial charge in [0.05, 0.1) is 5.62 Å². The molecule has 1 rings (SSSR count). The molecule has 6 heteroatoms. The summed E-state index contributed by atoms with van der Waals surface area (Å²) in [6.07, 6.45) is 3.59. The lowest BCUT2D eigenvalue weighted by Gasteiger charge is -2.37. The van der Waals surface area contributed by atoms with Gasteiger partial charge in [-0.2, -0.15) is 13.2 Å². The van der Waals surface area contributed by atoms with Gasteiger partial charge in [-0.3, -0.25) is 4.90 Å². The van der Waals surface area contributed by atoms with Gasteiger partial charge in [-0.05, 0) is 19.8 Å². The number of alkyl halides is 3. The molecule has 1 aliphatic rings. The summed E-state index contributed by atoms with van der Waals surface area (Å²) in [5, 5.41) is 9.35. The molecule has 16 heavy (non-hydrogen) atoms. The van der Waals surface area contributed by atoms with Gasteiger partial charge in [-0.1, -0.05) is 20.3 Å². The zero-order chi connectivity index (χ0) is 13.2. The van der Waals surface area contributed by atoms with E-state index in [9.17, 15) is 18.3 Å². The van der Waals surface area contributed by atoms with E-state index < -0.39 is 12.3 Å². The minimum Gasteiger partial charge on any atom is -0.385 e. The molecule has 0 amide bonds. The van der Waals surface area contributed by atoms with Crippen LogP contribution in [0.25, 0.3) is 0 Å². The molecule has 0 aliphatic carbocycles. The van der Waals surface area contributed by atoms with Crippen molar-refractivity contribution in [2.45, 2.75) is 52.3 Å². The summed E-state index contributed by atoms with van der Waals surface area (Å²) in [6.45, 7) is 3.84. The molecule has 1 N–H and O–H groups in total. The molecule has 1 fully saturated rings. The predicted molar refractivity (Wildman–Crippen MR) is 60.3 cm³/mol. The fraction of sp³-hybridized carbons (Fsp3) is 1.00. The van der Waals surface area contributed by atoms with E-state index in [0.717, 1.165) is 25.9 Å². The maximum Gasteiger partial charge on any atom is 0.379 e. The van der Waals surface area contributed by atoms with E-state index >= 15 is 0 Å². The lowest BCUT2D eigenvalue weighted by Crippen LogP contribution is -2.49. The van der Waals surface area contributed by atoms with E-state index in [1.807, 2.05) is 18.7 Å². The molecule has 2 radical (unpaired) electrons. The largest absolute Gasteiger partial charge is 0.385 e. The molecule has 1 heterocycles. The fourth-order valence-corrected chi connectivity index (χ4v) is 1.35. The van der Waals surface area contributed by atoms with Crippen molar-refractivity contribution in [2.75, 3.05) is 13.1 Å². The third-order valence-electron chi connectivity index (χ3n) is 2.00. The van der Waals surface area contributed by atoms with Crippen molar-refractivity contribution in [1.82, 2.24) is 4.90 Å². The second-order valence-electron chi connectivity index (χ2n) is 3.39. The fourth-order valence-electron chi connectivity index (χ4n) is 1.35. The average Bonchev–Trinajstić information content (AvgIpc) is 2.20. The van der Waals surface area contributed by atoms with Crippen molar-refractivity contribution in [3.8, 4) is 0 Å². The summed E-state index contributed by atoms with van der Waals surface area (Å²) in [5.74, 6) is 0. The van der Waals surface area contributed by atoms with Crippen LogP contribution in [-0.4, -0.2) is 43.2 Å². The standard InChI is InChI=1S/C7H14BNO.C2H6.CHF3/c1-7(8,10)9-5-3-2-4-6-9;1-2;2-1(3)4/h10H,2-6H2,1H3;1-2H3;1H. The number of likely N-dealkylation sites (tertiary alicyclic amines) is 1. The van der Waals surface area contributed by atoms with Gasteiger partial charge in [0, 0.05) is 13.1 Å². The second kappa shape index (κ2) is 9.96. The number of piperidine rings is 1. The van der Waals surface area contributed by atoms with E-state index in [4.69, 9.17) is 7.85 Å². The molecule has 1 atom stereocenters. The first-order valence-corrected chi connectivity index (χ1v) is 5.52. The number of hydrogen-bond donors (Lipinski definition) is 1. The average molecular weight is 239 g/mol. The Bertz CT molecular complexity index is 145. The summed E-state index contributed by atoms with van der Waals surface area (Å²) in [6, 6.07) is 0. The zero-order valence-electron chi connectivity index (χ0n) is 10.2. The van der Waals surface area contributed by atoms with Gasteiger partial charge in [-0.25, -0.2) is 0 Å². The number of hydrogen-bond acceptors (Lipinski definition) is 2. The minimum atomic E-state index is -3.67. The molecule has 0 spiro atoms. The topological polar surface area (TPSA) is 23.5 Å². The van der Waals surface area contributed by atoms with Crippen LogP contribution in [0.15, 0.2) is 0 Å². The maximum absolute atomic E-state index is 9.67. The SMILES string of the molecule is CC.FC(F)F.[B]C(C)(O)N1CCCCC1. The highest BCUT2D eigenvalue weighted by Gasteiger charge is 2.23.